The van der Waals surface area contributed by atoms with Gasteiger partial charge in [0.1, 0.15) is 24.0 Å². The van der Waals surface area contributed by atoms with Crippen molar-refractivity contribution >= 4 is 0 Å². The minimum atomic E-state index is -0.758. The van der Waals surface area contributed by atoms with Crippen LogP contribution in [0.2, 0.25) is 0 Å². The lowest BCUT2D eigenvalue weighted by Crippen LogP contribution is -2.46. The quantitative estimate of drug-likeness (QED) is 0.746. The first-order chi connectivity index (χ1) is 7.29. The number of nitriles is 1. The summed E-state index contributed by atoms with van der Waals surface area (Å²) < 4.78 is 18.2. The number of nitrogens with zero attached hydrogens (tertiary/aromatic N) is 2. The van der Waals surface area contributed by atoms with Crippen molar-refractivity contribution in [3.05, 3.63) is 23.8 Å². The molecule has 0 unspecified atom stereocenters. The molecule has 1 atom stereocenters. The highest BCUT2D eigenvalue weighted by molar-refractivity contribution is 5.33. The molecule has 5 heteroatoms. The minimum Gasteiger partial charge on any atom is -0.490 e. The van der Waals surface area contributed by atoms with E-state index < -0.39 is 5.95 Å². The van der Waals surface area contributed by atoms with E-state index in [0.717, 1.165) is 13.0 Å². The van der Waals surface area contributed by atoms with Crippen LogP contribution in [0.4, 0.5) is 4.39 Å². The molecule has 4 nitrogen and oxygen atoms in total. The minimum absolute atomic E-state index is 0.0888. The van der Waals surface area contributed by atoms with Crippen LogP contribution in [-0.4, -0.2) is 24.2 Å². The number of nitrogens with one attached hydrogen (secondary N) is 1. The highest BCUT2D eigenvalue weighted by Gasteiger charge is 2.16. The number of rotatable bonds is 3. The fourth-order valence-electron chi connectivity index (χ4n) is 1.27. The molecule has 1 saturated heterocycles. The van der Waals surface area contributed by atoms with Gasteiger partial charge in [0, 0.05) is 12.1 Å². The molecule has 0 radical (unpaired) electrons. The Bertz CT molecular complexity index is 398. The van der Waals surface area contributed by atoms with E-state index in [0.29, 0.717) is 18.4 Å². The molecule has 1 aromatic heterocycles. The van der Waals surface area contributed by atoms with Crippen LogP contribution in [0.25, 0.3) is 0 Å². The lowest BCUT2D eigenvalue weighted by molar-refractivity contribution is 0.216. The Morgan fingerprint density at radius 1 is 1.73 bits per heavy atom. The van der Waals surface area contributed by atoms with Crippen LogP contribution in [0.5, 0.6) is 5.75 Å². The maximum absolute atomic E-state index is 12.8. The van der Waals surface area contributed by atoms with Gasteiger partial charge in [0.25, 0.3) is 0 Å². The zero-order valence-corrected chi connectivity index (χ0v) is 8.03. The van der Waals surface area contributed by atoms with Crippen molar-refractivity contribution < 1.29 is 9.13 Å². The van der Waals surface area contributed by atoms with E-state index >= 15 is 0 Å². The molecule has 0 saturated carbocycles. The monoisotopic (exact) mass is 207 g/mol. The molecule has 1 aliphatic heterocycles. The maximum atomic E-state index is 12.8. The molecule has 0 spiro atoms. The molecule has 15 heavy (non-hydrogen) atoms. The van der Waals surface area contributed by atoms with Crippen molar-refractivity contribution in [2.75, 3.05) is 13.2 Å². The summed E-state index contributed by atoms with van der Waals surface area (Å²) >= 11 is 0. The first-order valence-electron chi connectivity index (χ1n) is 4.71. The maximum Gasteiger partial charge on any atom is 0.231 e. The summed E-state index contributed by atoms with van der Waals surface area (Å²) in [4.78, 5) is 3.44. The average Bonchev–Trinajstić information content (AvgIpc) is 2.18. The van der Waals surface area contributed by atoms with Crippen molar-refractivity contribution in [2.24, 2.45) is 0 Å². The Morgan fingerprint density at radius 2 is 2.53 bits per heavy atom. The largest absolute Gasteiger partial charge is 0.490 e. The van der Waals surface area contributed by atoms with Crippen LogP contribution < -0.4 is 10.1 Å². The molecule has 2 rings (SSSR count). The molecule has 1 aliphatic rings. The van der Waals surface area contributed by atoms with Crippen LogP contribution in [0.1, 0.15) is 12.0 Å². The van der Waals surface area contributed by atoms with E-state index in [-0.39, 0.29) is 5.56 Å². The van der Waals surface area contributed by atoms with Gasteiger partial charge in [-0.3, -0.25) is 0 Å². The molecular formula is C10H10FN3O. The lowest BCUT2D eigenvalue weighted by Gasteiger charge is -2.27. The Labute approximate surface area is 86.7 Å². The van der Waals surface area contributed by atoms with E-state index in [2.05, 4.69) is 10.3 Å². The number of pyridine rings is 1. The van der Waals surface area contributed by atoms with Gasteiger partial charge in [-0.2, -0.15) is 9.65 Å². The van der Waals surface area contributed by atoms with Crippen molar-refractivity contribution in [1.82, 2.24) is 10.3 Å². The molecule has 0 aromatic carbocycles. The zero-order chi connectivity index (χ0) is 10.7. The fourth-order valence-corrected chi connectivity index (χ4v) is 1.27. The van der Waals surface area contributed by atoms with Crippen LogP contribution in [0.3, 0.4) is 0 Å². The normalized spacial score (nSPS) is 19.1. The van der Waals surface area contributed by atoms with Crippen LogP contribution in [-0.2, 0) is 0 Å². The van der Waals surface area contributed by atoms with Crippen molar-refractivity contribution in [2.45, 2.75) is 12.5 Å². The molecule has 1 fully saturated rings. The summed E-state index contributed by atoms with van der Waals surface area (Å²) in [5, 5.41) is 11.8. The van der Waals surface area contributed by atoms with Gasteiger partial charge < -0.3 is 10.1 Å². The highest BCUT2D eigenvalue weighted by Crippen LogP contribution is 2.14. The van der Waals surface area contributed by atoms with Crippen LogP contribution in [0, 0.1) is 17.3 Å². The third kappa shape index (κ3) is 2.22. The van der Waals surface area contributed by atoms with Gasteiger partial charge >= 0.3 is 0 Å². The standard InChI is InChI=1S/C10H10FN3O/c11-10-7(4-12)3-9(5-14-10)15-6-8-1-2-13-8/h3,5,8,13H,1-2,6H2/t8-/m0/s1. The number of ether oxygens (including phenoxy) is 1. The predicted molar refractivity (Wildman–Crippen MR) is 50.8 cm³/mol. The smallest absolute Gasteiger partial charge is 0.231 e. The first-order valence-corrected chi connectivity index (χ1v) is 4.71. The Morgan fingerprint density at radius 3 is 3.13 bits per heavy atom. The van der Waals surface area contributed by atoms with Gasteiger partial charge in [-0.15, -0.1) is 0 Å². The van der Waals surface area contributed by atoms with Crippen LogP contribution in [0.15, 0.2) is 12.3 Å². The molecule has 0 amide bonds. The second-order valence-corrected chi connectivity index (χ2v) is 3.37. The first kappa shape index (κ1) is 9.87. The van der Waals surface area contributed by atoms with Gasteiger partial charge in [-0.05, 0) is 13.0 Å². The van der Waals surface area contributed by atoms with Gasteiger partial charge in [-0.25, -0.2) is 4.98 Å². The van der Waals surface area contributed by atoms with E-state index in [1.54, 1.807) is 6.07 Å². The summed E-state index contributed by atoms with van der Waals surface area (Å²) in [6.07, 6.45) is 2.37. The topological polar surface area (TPSA) is 57.9 Å². The summed E-state index contributed by atoms with van der Waals surface area (Å²) in [5.74, 6) is -0.326. The fraction of sp³-hybridized carbons (Fsp3) is 0.400. The Kier molecular flexibility index (Phi) is 2.79. The van der Waals surface area contributed by atoms with Gasteiger partial charge in [0.2, 0.25) is 5.95 Å². The molecule has 2 heterocycles. The number of hydrogen-bond donors (Lipinski definition) is 1. The molecule has 78 valence electrons. The third-order valence-corrected chi connectivity index (χ3v) is 2.31. The van der Waals surface area contributed by atoms with E-state index in [9.17, 15) is 4.39 Å². The second kappa shape index (κ2) is 4.24. The molecule has 0 bridgehead atoms. The molecule has 1 N–H and O–H groups in total. The zero-order valence-electron chi connectivity index (χ0n) is 8.03. The van der Waals surface area contributed by atoms with Gasteiger partial charge in [0.15, 0.2) is 0 Å². The summed E-state index contributed by atoms with van der Waals surface area (Å²) in [6, 6.07) is 3.44. The van der Waals surface area contributed by atoms with E-state index in [1.165, 1.54) is 12.3 Å². The van der Waals surface area contributed by atoms with Crippen LogP contribution >= 0.6 is 0 Å². The summed E-state index contributed by atoms with van der Waals surface area (Å²) in [6.45, 7) is 1.54. The second-order valence-electron chi connectivity index (χ2n) is 3.37. The number of halogens is 1. The number of aromatic nitrogens is 1. The third-order valence-electron chi connectivity index (χ3n) is 2.31. The van der Waals surface area contributed by atoms with E-state index in [1.807, 2.05) is 0 Å². The average molecular weight is 207 g/mol. The summed E-state index contributed by atoms with van der Waals surface area (Å²) in [5.41, 5.74) is -0.0888. The molecular weight excluding hydrogens is 197 g/mol. The Hall–Kier alpha value is -1.67. The number of hydrogen-bond acceptors (Lipinski definition) is 4. The van der Waals surface area contributed by atoms with E-state index in [4.69, 9.17) is 10.00 Å². The van der Waals surface area contributed by atoms with Gasteiger partial charge in [-0.1, -0.05) is 0 Å². The van der Waals surface area contributed by atoms with Gasteiger partial charge in [0.05, 0.1) is 6.20 Å². The SMILES string of the molecule is N#Cc1cc(OC[C@@H]2CCN2)cnc1F. The summed E-state index contributed by atoms with van der Waals surface area (Å²) in [7, 11) is 0. The van der Waals surface area contributed by atoms with Crippen molar-refractivity contribution in [3.8, 4) is 11.8 Å². The molecule has 1 aromatic rings. The van der Waals surface area contributed by atoms with Crippen molar-refractivity contribution in [1.29, 1.82) is 5.26 Å². The molecule has 0 aliphatic carbocycles. The lowest BCUT2D eigenvalue weighted by atomic mass is 10.1. The Balaban J connectivity index is 1.99. The predicted octanol–water partition coefficient (Wildman–Crippen LogP) is 0.833. The highest BCUT2D eigenvalue weighted by atomic mass is 19.1. The van der Waals surface area contributed by atoms with Crippen molar-refractivity contribution in [3.63, 3.8) is 0 Å².